The quantitative estimate of drug-likeness (QED) is 0.769. The lowest BCUT2D eigenvalue weighted by molar-refractivity contribution is -0.120. The van der Waals surface area contributed by atoms with E-state index in [-0.39, 0.29) is 18.1 Å². The average Bonchev–Trinajstić information content (AvgIpc) is 2.28. The van der Waals surface area contributed by atoms with E-state index in [0.717, 1.165) is 0 Å². The fourth-order valence-electron chi connectivity index (χ4n) is 1.27. The smallest absolute Gasteiger partial charge is 0.224 e. The maximum absolute atomic E-state index is 13.2. The van der Waals surface area contributed by atoms with Gasteiger partial charge >= 0.3 is 0 Å². The first-order chi connectivity index (χ1) is 7.74. The summed E-state index contributed by atoms with van der Waals surface area (Å²) in [6.45, 7) is 0.459. The normalized spacial score (nSPS) is 9.50. The molecule has 1 aromatic carbocycles. The molecule has 1 N–H and O–H groups in total. The molecule has 0 bridgehead atoms. The Hall–Kier alpha value is -1.89. The molecule has 0 saturated heterocycles. The number of carbonyl (C=O) groups is 1. The molecule has 0 fully saturated rings. The summed E-state index contributed by atoms with van der Waals surface area (Å²) in [6.07, 6.45) is 1.08. The highest BCUT2D eigenvalue weighted by atomic mass is 19.1. The Morgan fingerprint density at radius 2 is 2.19 bits per heavy atom. The molecule has 0 aromatic heterocycles. The van der Waals surface area contributed by atoms with Crippen LogP contribution in [0.1, 0.15) is 18.4 Å². The second kappa shape index (κ2) is 6.57. The Kier molecular flexibility index (Phi) is 5.00. The molecule has 0 heterocycles. The number of nitriles is 1. The number of nitrogens with one attached hydrogen (secondary N) is 1. The van der Waals surface area contributed by atoms with Crippen molar-refractivity contribution in [2.24, 2.45) is 0 Å². The van der Waals surface area contributed by atoms with E-state index >= 15 is 0 Å². The van der Waals surface area contributed by atoms with Crippen molar-refractivity contribution in [2.45, 2.75) is 19.3 Å². The highest BCUT2D eigenvalue weighted by Crippen LogP contribution is 2.06. The summed E-state index contributed by atoms with van der Waals surface area (Å²) in [5, 5.41) is 10.9. The fourth-order valence-corrected chi connectivity index (χ4v) is 1.27. The Morgan fingerprint density at radius 1 is 1.44 bits per heavy atom. The molecule has 0 atom stereocenters. The van der Waals surface area contributed by atoms with Gasteiger partial charge in [-0.1, -0.05) is 18.2 Å². The lowest BCUT2D eigenvalue weighted by Gasteiger charge is -2.04. The van der Waals surface area contributed by atoms with Crippen LogP contribution in [0.2, 0.25) is 0 Å². The van der Waals surface area contributed by atoms with E-state index in [1.54, 1.807) is 18.2 Å². The van der Waals surface area contributed by atoms with Gasteiger partial charge in [-0.05, 0) is 18.1 Å². The van der Waals surface area contributed by atoms with Gasteiger partial charge in [-0.3, -0.25) is 4.79 Å². The Labute approximate surface area is 93.9 Å². The van der Waals surface area contributed by atoms with Crippen LogP contribution in [0.4, 0.5) is 4.39 Å². The summed E-state index contributed by atoms with van der Waals surface area (Å²) in [6, 6.07) is 8.19. The van der Waals surface area contributed by atoms with Crippen LogP contribution in [0, 0.1) is 17.1 Å². The van der Waals surface area contributed by atoms with Gasteiger partial charge in [0.15, 0.2) is 0 Å². The molecule has 3 nitrogen and oxygen atoms in total. The molecule has 0 radical (unpaired) electrons. The Balaban J connectivity index is 2.35. The lowest BCUT2D eigenvalue weighted by atomic mass is 10.1. The van der Waals surface area contributed by atoms with Crippen molar-refractivity contribution < 1.29 is 9.18 Å². The summed E-state index contributed by atoms with van der Waals surface area (Å²) in [5.74, 6) is -0.585. The number of nitrogens with zero attached hydrogens (tertiary/aromatic N) is 1. The first-order valence-electron chi connectivity index (χ1n) is 5.11. The van der Waals surface area contributed by atoms with Crippen molar-refractivity contribution in [2.75, 3.05) is 6.54 Å². The summed E-state index contributed by atoms with van der Waals surface area (Å²) in [5.41, 5.74) is 0.389. The van der Waals surface area contributed by atoms with E-state index < -0.39 is 0 Å². The average molecular weight is 220 g/mol. The van der Waals surface area contributed by atoms with E-state index in [9.17, 15) is 9.18 Å². The van der Waals surface area contributed by atoms with Crippen LogP contribution < -0.4 is 5.32 Å². The van der Waals surface area contributed by atoms with Crippen LogP contribution in [0.5, 0.6) is 0 Å². The monoisotopic (exact) mass is 220 g/mol. The topological polar surface area (TPSA) is 52.9 Å². The summed E-state index contributed by atoms with van der Waals surface area (Å²) >= 11 is 0. The third-order valence-electron chi connectivity index (χ3n) is 2.10. The van der Waals surface area contributed by atoms with Gasteiger partial charge < -0.3 is 5.32 Å². The van der Waals surface area contributed by atoms with E-state index in [1.807, 2.05) is 6.07 Å². The van der Waals surface area contributed by atoms with Crippen molar-refractivity contribution in [3.63, 3.8) is 0 Å². The van der Waals surface area contributed by atoms with Gasteiger partial charge in [0.25, 0.3) is 0 Å². The highest BCUT2D eigenvalue weighted by Gasteiger charge is 2.06. The molecule has 0 saturated carbocycles. The zero-order chi connectivity index (χ0) is 11.8. The molecule has 84 valence electrons. The van der Waals surface area contributed by atoms with Gasteiger partial charge in [0.1, 0.15) is 5.82 Å². The summed E-state index contributed by atoms with van der Waals surface area (Å²) < 4.78 is 13.2. The van der Waals surface area contributed by atoms with Crippen LogP contribution >= 0.6 is 0 Å². The SMILES string of the molecule is N#CCCCNC(=O)Cc1ccccc1F. The van der Waals surface area contributed by atoms with Gasteiger partial charge in [0.05, 0.1) is 12.5 Å². The van der Waals surface area contributed by atoms with Gasteiger partial charge in [-0.15, -0.1) is 0 Å². The standard InChI is InChI=1S/C12H13FN2O/c13-11-6-2-1-5-10(11)9-12(16)15-8-4-3-7-14/h1-2,5-6H,3-4,8-9H2,(H,15,16). The molecule has 16 heavy (non-hydrogen) atoms. The second-order valence-corrected chi connectivity index (χ2v) is 3.38. The minimum absolute atomic E-state index is 0.0409. The molecule has 1 rings (SSSR count). The third-order valence-corrected chi connectivity index (χ3v) is 2.10. The van der Waals surface area contributed by atoms with Crippen molar-refractivity contribution in [1.29, 1.82) is 5.26 Å². The molecule has 0 aliphatic heterocycles. The Bertz CT molecular complexity index is 398. The molecular formula is C12H13FN2O. The molecule has 0 aliphatic carbocycles. The van der Waals surface area contributed by atoms with E-state index in [1.165, 1.54) is 6.07 Å². The fraction of sp³-hybridized carbons (Fsp3) is 0.333. The van der Waals surface area contributed by atoms with Crippen LogP contribution in [0.3, 0.4) is 0 Å². The highest BCUT2D eigenvalue weighted by molar-refractivity contribution is 5.78. The molecular weight excluding hydrogens is 207 g/mol. The number of carbonyl (C=O) groups excluding carboxylic acids is 1. The first-order valence-corrected chi connectivity index (χ1v) is 5.11. The molecule has 1 aromatic rings. The van der Waals surface area contributed by atoms with E-state index in [2.05, 4.69) is 5.32 Å². The first kappa shape index (κ1) is 12.2. The summed E-state index contributed by atoms with van der Waals surface area (Å²) in [4.78, 5) is 11.4. The molecule has 0 unspecified atom stereocenters. The van der Waals surface area contributed by atoms with Gasteiger partial charge in [-0.25, -0.2) is 4.39 Å². The molecule has 1 amide bonds. The maximum atomic E-state index is 13.2. The largest absolute Gasteiger partial charge is 0.356 e. The van der Waals surface area contributed by atoms with Crippen LogP contribution in [-0.4, -0.2) is 12.5 Å². The molecule has 0 aliphatic rings. The lowest BCUT2D eigenvalue weighted by Crippen LogP contribution is -2.26. The van der Waals surface area contributed by atoms with E-state index in [0.29, 0.717) is 24.9 Å². The van der Waals surface area contributed by atoms with Crippen molar-refractivity contribution in [1.82, 2.24) is 5.32 Å². The third kappa shape index (κ3) is 4.09. The zero-order valence-electron chi connectivity index (χ0n) is 8.87. The van der Waals surface area contributed by atoms with Crippen LogP contribution in [-0.2, 0) is 11.2 Å². The van der Waals surface area contributed by atoms with Crippen LogP contribution in [0.15, 0.2) is 24.3 Å². The maximum Gasteiger partial charge on any atom is 0.224 e. The minimum atomic E-state index is -0.366. The predicted molar refractivity (Wildman–Crippen MR) is 58.0 cm³/mol. The predicted octanol–water partition coefficient (Wildman–Crippen LogP) is 1.79. The minimum Gasteiger partial charge on any atom is -0.356 e. The second-order valence-electron chi connectivity index (χ2n) is 3.38. The number of rotatable bonds is 5. The zero-order valence-corrected chi connectivity index (χ0v) is 8.87. The number of benzene rings is 1. The number of hydrogen-bond donors (Lipinski definition) is 1. The van der Waals surface area contributed by atoms with Crippen molar-refractivity contribution in [3.05, 3.63) is 35.6 Å². The van der Waals surface area contributed by atoms with Gasteiger partial charge in [0, 0.05) is 13.0 Å². The van der Waals surface area contributed by atoms with Crippen LogP contribution in [0.25, 0.3) is 0 Å². The molecule has 0 spiro atoms. The molecule has 4 heteroatoms. The summed E-state index contributed by atoms with van der Waals surface area (Å²) in [7, 11) is 0. The van der Waals surface area contributed by atoms with Crippen molar-refractivity contribution in [3.8, 4) is 6.07 Å². The Morgan fingerprint density at radius 3 is 2.88 bits per heavy atom. The number of halogens is 1. The number of unbranched alkanes of at least 4 members (excludes halogenated alkanes) is 1. The van der Waals surface area contributed by atoms with Gasteiger partial charge in [-0.2, -0.15) is 5.26 Å². The number of amides is 1. The number of hydrogen-bond acceptors (Lipinski definition) is 2. The van der Waals surface area contributed by atoms with E-state index in [4.69, 9.17) is 5.26 Å². The van der Waals surface area contributed by atoms with Crippen molar-refractivity contribution >= 4 is 5.91 Å². The van der Waals surface area contributed by atoms with Gasteiger partial charge in [0.2, 0.25) is 5.91 Å².